The number of ether oxygens (including phenoxy) is 1. The first kappa shape index (κ1) is 30.5. The van der Waals surface area contributed by atoms with Gasteiger partial charge in [-0.05, 0) is 56.2 Å². The van der Waals surface area contributed by atoms with E-state index in [1.807, 2.05) is 49.4 Å². The topological polar surface area (TPSA) is 113 Å². The minimum Gasteiger partial charge on any atom is -0.463 e. The quantitative estimate of drug-likeness (QED) is 0.199. The Bertz CT molecular complexity index is 1610. The van der Waals surface area contributed by atoms with Gasteiger partial charge in [-0.3, -0.25) is 19.7 Å². The van der Waals surface area contributed by atoms with Gasteiger partial charge in [0.15, 0.2) is 0 Å². The summed E-state index contributed by atoms with van der Waals surface area (Å²) in [5, 5.41) is 11.0. The highest BCUT2D eigenvalue weighted by Crippen LogP contribution is 2.38. The van der Waals surface area contributed by atoms with Crippen LogP contribution in [0.25, 0.3) is 0 Å². The van der Waals surface area contributed by atoms with Crippen molar-refractivity contribution in [2.45, 2.75) is 39.7 Å². The number of nitro groups is 1. The molecule has 44 heavy (non-hydrogen) atoms. The fourth-order valence-corrected chi connectivity index (χ4v) is 5.97. The molecule has 0 aliphatic carbocycles. The average molecular weight is 597 g/mol. The molecule has 3 aromatic rings. The Labute approximate surface area is 256 Å². The van der Waals surface area contributed by atoms with Gasteiger partial charge < -0.3 is 19.4 Å². The third kappa shape index (κ3) is 6.49. The van der Waals surface area contributed by atoms with Crippen LogP contribution in [0, 0.1) is 17.0 Å². The summed E-state index contributed by atoms with van der Waals surface area (Å²) < 4.78 is 5.42. The minimum absolute atomic E-state index is 0.0441. The molecule has 228 valence electrons. The molecule has 10 heteroatoms. The lowest BCUT2D eigenvalue weighted by molar-refractivity contribution is -0.384. The maximum absolute atomic E-state index is 13.5. The van der Waals surface area contributed by atoms with Crippen molar-refractivity contribution >= 4 is 29.2 Å². The van der Waals surface area contributed by atoms with Crippen LogP contribution in [-0.4, -0.2) is 65.3 Å². The fraction of sp³-hybridized carbons (Fsp3) is 0.324. The first-order chi connectivity index (χ1) is 21.2. The van der Waals surface area contributed by atoms with Crippen LogP contribution >= 0.6 is 0 Å². The number of benzene rings is 3. The summed E-state index contributed by atoms with van der Waals surface area (Å²) in [6.07, 6.45) is 0.145. The number of allylic oxidation sites excluding steroid dienone is 1. The Kier molecular flexibility index (Phi) is 9.08. The molecule has 0 aromatic heterocycles. The van der Waals surface area contributed by atoms with Crippen LogP contribution < -0.4 is 4.90 Å². The standard InChI is InChI=1S/C34H36N4O6/c1-4-44-34(41)32-24(3)37(31(39)21-30(32)26-9-5-7-23(2)19-26)22-25-8-6-10-27(20-25)33(40)36-17-15-35(16-18-36)28-11-13-29(14-12-28)38(42)43/h5-14,19-20,30H,4,15-18,21-22H2,1-3H3/t30-/m1/s1. The molecule has 0 unspecified atom stereocenters. The van der Waals surface area contributed by atoms with E-state index in [1.165, 1.54) is 12.1 Å². The molecule has 2 aliphatic heterocycles. The molecule has 1 saturated heterocycles. The van der Waals surface area contributed by atoms with Crippen LogP contribution in [0.2, 0.25) is 0 Å². The van der Waals surface area contributed by atoms with Crippen molar-refractivity contribution in [1.29, 1.82) is 0 Å². The van der Waals surface area contributed by atoms with Gasteiger partial charge >= 0.3 is 5.97 Å². The zero-order valence-electron chi connectivity index (χ0n) is 25.2. The van der Waals surface area contributed by atoms with Crippen molar-refractivity contribution in [1.82, 2.24) is 9.80 Å². The second-order valence-corrected chi connectivity index (χ2v) is 11.1. The smallest absolute Gasteiger partial charge is 0.336 e. The van der Waals surface area contributed by atoms with E-state index in [0.29, 0.717) is 43.0 Å². The summed E-state index contributed by atoms with van der Waals surface area (Å²) in [6.45, 7) is 8.21. The van der Waals surface area contributed by atoms with Crippen molar-refractivity contribution in [2.24, 2.45) is 0 Å². The first-order valence-electron chi connectivity index (χ1n) is 14.8. The number of nitro benzene ring substituents is 1. The highest BCUT2D eigenvalue weighted by Gasteiger charge is 2.37. The number of rotatable bonds is 8. The van der Waals surface area contributed by atoms with E-state index in [9.17, 15) is 24.5 Å². The molecule has 3 aromatic carbocycles. The molecule has 1 fully saturated rings. The van der Waals surface area contributed by atoms with Gasteiger partial charge in [0.1, 0.15) is 0 Å². The van der Waals surface area contributed by atoms with Crippen LogP contribution in [0.15, 0.2) is 84.1 Å². The lowest BCUT2D eigenvalue weighted by atomic mass is 9.83. The molecule has 0 saturated carbocycles. The molecule has 0 bridgehead atoms. The predicted molar refractivity (Wildman–Crippen MR) is 166 cm³/mol. The Hall–Kier alpha value is -4.99. The van der Waals surface area contributed by atoms with Crippen molar-refractivity contribution in [2.75, 3.05) is 37.7 Å². The normalized spacial score (nSPS) is 17.1. The maximum Gasteiger partial charge on any atom is 0.336 e. The highest BCUT2D eigenvalue weighted by atomic mass is 16.6. The van der Waals surface area contributed by atoms with E-state index in [0.717, 1.165) is 22.4 Å². The second kappa shape index (κ2) is 13.1. The fourth-order valence-electron chi connectivity index (χ4n) is 5.97. The number of carbonyl (C=O) groups excluding carboxylic acids is 3. The van der Waals surface area contributed by atoms with Gasteiger partial charge in [-0.1, -0.05) is 42.0 Å². The molecule has 5 rings (SSSR count). The monoisotopic (exact) mass is 596 g/mol. The molecule has 2 aliphatic rings. The van der Waals surface area contributed by atoms with Crippen molar-refractivity contribution in [3.8, 4) is 0 Å². The Morgan fingerprint density at radius 2 is 1.66 bits per heavy atom. The number of aryl methyl sites for hydroxylation is 1. The molecule has 2 heterocycles. The molecular formula is C34H36N4O6. The third-order valence-corrected chi connectivity index (χ3v) is 8.27. The zero-order valence-corrected chi connectivity index (χ0v) is 25.2. The molecule has 1 atom stereocenters. The number of amides is 2. The van der Waals surface area contributed by atoms with Gasteiger partial charge in [0.05, 0.1) is 23.6 Å². The van der Waals surface area contributed by atoms with Gasteiger partial charge in [-0.25, -0.2) is 4.79 Å². The lowest BCUT2D eigenvalue weighted by Crippen LogP contribution is -2.48. The predicted octanol–water partition coefficient (Wildman–Crippen LogP) is 5.22. The third-order valence-electron chi connectivity index (χ3n) is 8.27. The number of piperazine rings is 1. The summed E-state index contributed by atoms with van der Waals surface area (Å²) in [7, 11) is 0. The Morgan fingerprint density at radius 1 is 0.955 bits per heavy atom. The largest absolute Gasteiger partial charge is 0.463 e. The Balaban J connectivity index is 1.31. The number of anilines is 1. The summed E-state index contributed by atoms with van der Waals surface area (Å²) >= 11 is 0. The van der Waals surface area contributed by atoms with Crippen LogP contribution in [0.4, 0.5) is 11.4 Å². The summed E-state index contributed by atoms with van der Waals surface area (Å²) in [5.74, 6) is -1.01. The number of hydrogen-bond donors (Lipinski definition) is 0. The maximum atomic E-state index is 13.5. The lowest BCUT2D eigenvalue weighted by Gasteiger charge is -2.36. The highest BCUT2D eigenvalue weighted by molar-refractivity contribution is 5.96. The molecule has 0 spiro atoms. The summed E-state index contributed by atoms with van der Waals surface area (Å²) in [5.41, 5.74) is 5.23. The summed E-state index contributed by atoms with van der Waals surface area (Å²) in [4.78, 5) is 56.2. The number of carbonyl (C=O) groups is 3. The van der Waals surface area contributed by atoms with E-state index in [2.05, 4.69) is 4.90 Å². The number of non-ortho nitro benzene ring substituents is 1. The van der Waals surface area contributed by atoms with E-state index in [4.69, 9.17) is 4.74 Å². The first-order valence-corrected chi connectivity index (χ1v) is 14.8. The minimum atomic E-state index is -0.425. The average Bonchev–Trinajstić information content (AvgIpc) is 3.02. The second-order valence-electron chi connectivity index (χ2n) is 11.1. The van der Waals surface area contributed by atoms with Crippen LogP contribution in [0.3, 0.4) is 0 Å². The van der Waals surface area contributed by atoms with E-state index < -0.39 is 16.8 Å². The molecule has 2 amide bonds. The molecule has 10 nitrogen and oxygen atoms in total. The van der Waals surface area contributed by atoms with Gasteiger partial charge in [0.25, 0.3) is 11.6 Å². The van der Waals surface area contributed by atoms with E-state index in [-0.39, 0.29) is 37.1 Å². The SMILES string of the molecule is CCOC(=O)C1=C(C)N(Cc2cccc(C(=O)N3CCN(c4ccc([N+](=O)[O-])cc4)CC3)c2)C(=O)C[C@@H]1c1cccc(C)c1. The molecule has 0 N–H and O–H groups in total. The van der Waals surface area contributed by atoms with Crippen molar-refractivity contribution in [3.63, 3.8) is 0 Å². The van der Waals surface area contributed by atoms with E-state index >= 15 is 0 Å². The van der Waals surface area contributed by atoms with Crippen molar-refractivity contribution < 1.29 is 24.0 Å². The zero-order chi connectivity index (χ0) is 31.4. The van der Waals surface area contributed by atoms with Gasteiger partial charge in [0, 0.05) is 67.6 Å². The van der Waals surface area contributed by atoms with Gasteiger partial charge in [0.2, 0.25) is 5.91 Å². The molecule has 0 radical (unpaired) electrons. The van der Waals surface area contributed by atoms with Crippen molar-refractivity contribution in [3.05, 3.63) is 116 Å². The van der Waals surface area contributed by atoms with Crippen LogP contribution in [-0.2, 0) is 20.9 Å². The number of esters is 1. The number of hydrogen-bond acceptors (Lipinski definition) is 7. The van der Waals surface area contributed by atoms with E-state index in [1.54, 1.807) is 41.8 Å². The summed E-state index contributed by atoms with van der Waals surface area (Å²) in [6, 6.07) is 21.5. The molecular weight excluding hydrogens is 560 g/mol. The van der Waals surface area contributed by atoms with Crippen LogP contribution in [0.1, 0.15) is 53.2 Å². The Morgan fingerprint density at radius 3 is 2.32 bits per heavy atom. The number of nitrogens with zero attached hydrogens (tertiary/aromatic N) is 4. The van der Waals surface area contributed by atoms with Crippen LogP contribution in [0.5, 0.6) is 0 Å². The van der Waals surface area contributed by atoms with Gasteiger partial charge in [-0.15, -0.1) is 0 Å². The van der Waals surface area contributed by atoms with Gasteiger partial charge in [-0.2, -0.15) is 0 Å².